The molecule has 0 fully saturated rings. The molecule has 0 heterocycles. The van der Waals surface area contributed by atoms with Crippen molar-refractivity contribution in [2.45, 2.75) is 25.2 Å². The van der Waals surface area contributed by atoms with E-state index < -0.39 is 10.1 Å². The minimum absolute atomic E-state index is 0. The summed E-state index contributed by atoms with van der Waals surface area (Å²) in [5.41, 5.74) is 3.09. The third kappa shape index (κ3) is 2.63. The summed E-state index contributed by atoms with van der Waals surface area (Å²) in [6.45, 7) is 3.77. The zero-order valence-electron chi connectivity index (χ0n) is 9.77. The second kappa shape index (κ2) is 5.72. The molecule has 2 aliphatic rings. The summed E-state index contributed by atoms with van der Waals surface area (Å²) < 4.78 is 32.4. The van der Waals surface area contributed by atoms with Crippen LogP contribution in [0, 0.1) is 6.92 Å². The molecule has 0 radical (unpaired) electrons. The molecule has 0 unspecified atom stereocenters. The van der Waals surface area contributed by atoms with Gasteiger partial charge in [-0.1, -0.05) is 37.3 Å². The zero-order chi connectivity index (χ0) is 12.6. The van der Waals surface area contributed by atoms with Gasteiger partial charge in [-0.2, -0.15) is 8.42 Å². The Balaban J connectivity index is 0.00000162. The number of hydrogen-bond acceptors (Lipinski definition) is 2. The minimum atomic E-state index is -4.18. The molecular weight excluding hydrogens is 259 g/mol. The average molecular weight is 274 g/mol. The van der Waals surface area contributed by atoms with Crippen LogP contribution in [0.5, 0.6) is 0 Å². The Morgan fingerprint density at radius 2 is 1.67 bits per heavy atom. The van der Waals surface area contributed by atoms with Crippen LogP contribution in [0.1, 0.15) is 18.1 Å². The molecule has 0 amide bonds. The molecular formula is C13H15NaO3S. The SMILES string of the molecule is CCc1c(C)c2cccccc-2c1S(=O)(=O)O.[NaH]. The summed E-state index contributed by atoms with van der Waals surface area (Å²) in [4.78, 5) is 0.0590. The van der Waals surface area contributed by atoms with Gasteiger partial charge in [-0.25, -0.2) is 0 Å². The van der Waals surface area contributed by atoms with Gasteiger partial charge in [0.25, 0.3) is 10.1 Å². The van der Waals surface area contributed by atoms with E-state index in [0.29, 0.717) is 17.5 Å². The molecule has 1 N–H and O–H groups in total. The summed E-state index contributed by atoms with van der Waals surface area (Å²) in [7, 11) is -4.18. The van der Waals surface area contributed by atoms with Gasteiger partial charge in [-0.3, -0.25) is 4.55 Å². The Hall–Kier alpha value is -0.390. The van der Waals surface area contributed by atoms with Crippen molar-refractivity contribution in [3.8, 4) is 11.1 Å². The molecule has 0 aromatic heterocycles. The van der Waals surface area contributed by atoms with Crippen molar-refractivity contribution in [1.82, 2.24) is 0 Å². The molecule has 18 heavy (non-hydrogen) atoms. The van der Waals surface area contributed by atoms with Crippen LogP contribution in [-0.4, -0.2) is 42.5 Å². The van der Waals surface area contributed by atoms with Crippen LogP contribution in [-0.2, 0) is 16.5 Å². The predicted molar refractivity (Wildman–Crippen MR) is 74.1 cm³/mol. The first-order chi connectivity index (χ1) is 7.96. The fourth-order valence-corrected chi connectivity index (χ4v) is 3.35. The van der Waals surface area contributed by atoms with Crippen LogP contribution < -0.4 is 0 Å². The van der Waals surface area contributed by atoms with Crippen molar-refractivity contribution < 1.29 is 13.0 Å². The van der Waals surface area contributed by atoms with Crippen LogP contribution in [0.2, 0.25) is 0 Å². The Morgan fingerprint density at radius 3 is 2.17 bits per heavy atom. The van der Waals surface area contributed by atoms with Crippen LogP contribution in [0.25, 0.3) is 11.1 Å². The average Bonchev–Trinajstić information content (AvgIpc) is 2.41. The van der Waals surface area contributed by atoms with E-state index in [4.69, 9.17) is 0 Å². The van der Waals surface area contributed by atoms with Gasteiger partial charge in [0.2, 0.25) is 0 Å². The third-order valence-electron chi connectivity index (χ3n) is 3.03. The molecule has 0 atom stereocenters. The van der Waals surface area contributed by atoms with Crippen molar-refractivity contribution >= 4 is 39.7 Å². The standard InChI is InChI=1S/C13H14O3S.Na.H/c1-3-10-9(2)11-7-5-4-6-8-12(11)13(10)17(14,15)16;;/h4-8H,3H2,1-2H3,(H,14,15,16);;. The van der Waals surface area contributed by atoms with E-state index in [1.165, 1.54) is 0 Å². The third-order valence-corrected chi connectivity index (χ3v) is 4.01. The quantitative estimate of drug-likeness (QED) is 0.675. The summed E-state index contributed by atoms with van der Waals surface area (Å²) in [5, 5.41) is 0. The van der Waals surface area contributed by atoms with E-state index in [9.17, 15) is 13.0 Å². The fourth-order valence-electron chi connectivity index (χ4n) is 2.29. The van der Waals surface area contributed by atoms with Crippen molar-refractivity contribution in [2.75, 3.05) is 0 Å². The molecule has 5 heteroatoms. The van der Waals surface area contributed by atoms with Crippen LogP contribution in [0.4, 0.5) is 0 Å². The first kappa shape index (κ1) is 15.7. The topological polar surface area (TPSA) is 54.4 Å². The van der Waals surface area contributed by atoms with Crippen molar-refractivity contribution in [2.24, 2.45) is 0 Å². The number of hydrogen-bond donors (Lipinski definition) is 1. The first-order valence-electron chi connectivity index (χ1n) is 5.44. The van der Waals surface area contributed by atoms with E-state index >= 15 is 0 Å². The first-order valence-corrected chi connectivity index (χ1v) is 6.88. The summed E-state index contributed by atoms with van der Waals surface area (Å²) in [6, 6.07) is 9.07. The zero-order valence-corrected chi connectivity index (χ0v) is 10.6. The monoisotopic (exact) mass is 274 g/mol. The van der Waals surface area contributed by atoms with Crippen molar-refractivity contribution in [3.05, 3.63) is 41.5 Å². The summed E-state index contributed by atoms with van der Waals surface area (Å²) in [6.07, 6.45) is 0.583. The second-order valence-corrected chi connectivity index (χ2v) is 5.36. The molecule has 2 rings (SSSR count). The van der Waals surface area contributed by atoms with E-state index in [0.717, 1.165) is 11.1 Å². The Kier molecular flexibility index (Phi) is 4.98. The molecule has 0 saturated heterocycles. The Bertz CT molecular complexity index is 635. The Morgan fingerprint density at radius 1 is 1.11 bits per heavy atom. The van der Waals surface area contributed by atoms with E-state index in [1.54, 1.807) is 12.1 Å². The van der Waals surface area contributed by atoms with Crippen molar-refractivity contribution in [3.63, 3.8) is 0 Å². The van der Waals surface area contributed by atoms with Crippen LogP contribution in [0.15, 0.2) is 35.2 Å². The van der Waals surface area contributed by atoms with Gasteiger partial charge in [0.15, 0.2) is 0 Å². The molecule has 0 aromatic carbocycles. The van der Waals surface area contributed by atoms with E-state index in [-0.39, 0.29) is 34.5 Å². The summed E-state index contributed by atoms with van der Waals surface area (Å²) >= 11 is 0. The van der Waals surface area contributed by atoms with Gasteiger partial charge in [0.05, 0.1) is 0 Å². The van der Waals surface area contributed by atoms with Gasteiger partial charge in [0.1, 0.15) is 4.90 Å². The van der Waals surface area contributed by atoms with Crippen molar-refractivity contribution in [1.29, 1.82) is 0 Å². The van der Waals surface area contributed by atoms with E-state index in [1.807, 2.05) is 32.0 Å². The van der Waals surface area contributed by atoms with Gasteiger partial charge < -0.3 is 0 Å². The molecule has 0 bridgehead atoms. The number of rotatable bonds is 2. The van der Waals surface area contributed by atoms with Crippen LogP contribution in [0.3, 0.4) is 0 Å². The normalized spacial score (nSPS) is 11.3. The van der Waals surface area contributed by atoms with Gasteiger partial charge in [-0.05, 0) is 30.0 Å². The maximum atomic E-state index is 11.5. The predicted octanol–water partition coefficient (Wildman–Crippen LogP) is 2.26. The van der Waals surface area contributed by atoms with Gasteiger partial charge in [-0.15, -0.1) is 0 Å². The molecule has 0 spiro atoms. The molecule has 2 aliphatic carbocycles. The van der Waals surface area contributed by atoms with Gasteiger partial charge >= 0.3 is 29.6 Å². The molecule has 0 aromatic rings. The fraction of sp³-hybridized carbons (Fsp3) is 0.231. The molecule has 3 nitrogen and oxygen atoms in total. The molecule has 0 aliphatic heterocycles. The molecule has 92 valence electrons. The molecule has 0 saturated carbocycles. The van der Waals surface area contributed by atoms with E-state index in [2.05, 4.69) is 0 Å². The second-order valence-electron chi connectivity index (χ2n) is 4.00. The summed E-state index contributed by atoms with van der Waals surface area (Å²) in [5.74, 6) is 0. The van der Waals surface area contributed by atoms with Crippen LogP contribution >= 0.6 is 0 Å². The maximum absolute atomic E-state index is 11.5. The number of fused-ring (bicyclic) bond motifs is 1. The Labute approximate surface area is 130 Å². The van der Waals surface area contributed by atoms with Gasteiger partial charge in [0, 0.05) is 5.56 Å².